The highest BCUT2D eigenvalue weighted by Gasteiger charge is 2.38. The minimum absolute atomic E-state index is 0.0251. The minimum Gasteiger partial charge on any atom is -0.480 e. The van der Waals surface area contributed by atoms with Gasteiger partial charge in [0.05, 0.1) is 27.3 Å². The zero-order valence-corrected chi connectivity index (χ0v) is 19.1. The predicted molar refractivity (Wildman–Crippen MR) is 120 cm³/mol. The van der Waals surface area contributed by atoms with E-state index in [0.29, 0.717) is 0 Å². The normalized spacial score (nSPS) is 12.8. The molecule has 4 aromatic rings. The number of nitrogens with one attached hydrogen (secondary N) is 2. The molecule has 9 nitrogen and oxygen atoms in total. The largest absolute Gasteiger partial charge is 0.480 e. The molecule has 0 spiro atoms. The third-order valence-corrected chi connectivity index (χ3v) is 5.54. The van der Waals surface area contributed by atoms with Crippen LogP contribution in [0.2, 0.25) is 5.02 Å². The Morgan fingerprint density at radius 3 is 2.66 bits per heavy atom. The molecule has 0 saturated carbocycles. The van der Waals surface area contributed by atoms with Crippen LogP contribution in [0.25, 0.3) is 16.6 Å². The van der Waals surface area contributed by atoms with E-state index in [9.17, 15) is 27.5 Å². The van der Waals surface area contributed by atoms with E-state index in [-0.39, 0.29) is 51.2 Å². The molecule has 3 N–H and O–H groups in total. The Hall–Kier alpha value is -3.58. The van der Waals surface area contributed by atoms with Crippen LogP contribution in [0, 0.1) is 5.82 Å². The van der Waals surface area contributed by atoms with Crippen LogP contribution in [-0.2, 0) is 13.2 Å². The predicted octanol–water partition coefficient (Wildman–Crippen LogP) is 4.29. The number of aromatic amines is 1. The van der Waals surface area contributed by atoms with Crippen molar-refractivity contribution in [2.24, 2.45) is 0 Å². The van der Waals surface area contributed by atoms with Crippen LogP contribution in [0.1, 0.15) is 19.7 Å². The molecule has 1 atom stereocenters. The van der Waals surface area contributed by atoms with E-state index in [1.54, 1.807) is 6.92 Å². The zero-order chi connectivity index (χ0) is 25.5. The maximum absolute atomic E-state index is 14.3. The van der Waals surface area contributed by atoms with Gasteiger partial charge in [-0.05, 0) is 32.0 Å². The van der Waals surface area contributed by atoms with E-state index < -0.39 is 30.4 Å². The number of anilines is 2. The summed E-state index contributed by atoms with van der Waals surface area (Å²) in [5.41, 5.74) is -0.507. The van der Waals surface area contributed by atoms with Crippen LogP contribution in [0.5, 0.6) is 5.75 Å². The highest BCUT2D eigenvalue weighted by atomic mass is 35.5. The summed E-state index contributed by atoms with van der Waals surface area (Å²) in [6, 6.07) is 6.57. The van der Waals surface area contributed by atoms with Gasteiger partial charge in [0.25, 0.3) is 0 Å². The van der Waals surface area contributed by atoms with Crippen molar-refractivity contribution in [3.05, 3.63) is 57.5 Å². The van der Waals surface area contributed by atoms with E-state index in [1.807, 2.05) is 0 Å². The van der Waals surface area contributed by atoms with Crippen LogP contribution in [0.15, 0.2) is 35.1 Å². The molecule has 0 aliphatic carbocycles. The van der Waals surface area contributed by atoms with Gasteiger partial charge in [-0.3, -0.25) is 9.67 Å². The van der Waals surface area contributed by atoms with E-state index in [0.717, 1.165) is 17.7 Å². The standard InChI is InChI=1S/C21H19ClF4N6O3/c1-3-31-16(9-33)30-32(20(31)34)11-7-14-17(15(8-11)35-10(2)21(24,25)26)19(29-28-14)27-18-12(22)5-4-6-13(18)23/h4-8,10,33H,3,9H2,1-2H3,(H2,27,28,29). The van der Waals surface area contributed by atoms with Crippen molar-refractivity contribution in [3.63, 3.8) is 0 Å². The fraction of sp³-hybridized carbons (Fsp3) is 0.286. The first-order valence-electron chi connectivity index (χ1n) is 10.3. The number of nitrogens with zero attached hydrogens (tertiary/aromatic N) is 4. The summed E-state index contributed by atoms with van der Waals surface area (Å²) in [5, 5.41) is 23.0. The van der Waals surface area contributed by atoms with E-state index in [1.165, 1.54) is 28.8 Å². The van der Waals surface area contributed by atoms with Gasteiger partial charge in [-0.25, -0.2) is 9.18 Å². The molecule has 0 amide bonds. The number of aliphatic hydroxyl groups excluding tert-OH is 1. The number of aromatic nitrogens is 5. The number of aliphatic hydroxyl groups is 1. The molecule has 0 aliphatic heterocycles. The van der Waals surface area contributed by atoms with Gasteiger partial charge in [0.2, 0.25) is 0 Å². The molecule has 0 bridgehead atoms. The number of alkyl halides is 3. The number of ether oxygens (including phenoxy) is 1. The summed E-state index contributed by atoms with van der Waals surface area (Å²) in [6.07, 6.45) is -6.92. The van der Waals surface area contributed by atoms with Crippen LogP contribution < -0.4 is 15.7 Å². The first kappa shape index (κ1) is 24.5. The van der Waals surface area contributed by atoms with Gasteiger partial charge in [0.15, 0.2) is 17.7 Å². The third-order valence-electron chi connectivity index (χ3n) is 5.22. The Labute approximate surface area is 199 Å². The fourth-order valence-electron chi connectivity index (χ4n) is 3.44. The number of hydrogen-bond acceptors (Lipinski definition) is 6. The molecule has 14 heteroatoms. The number of H-pyrrole nitrogens is 1. The molecule has 0 saturated heterocycles. The molecule has 0 fully saturated rings. The Morgan fingerprint density at radius 2 is 2.06 bits per heavy atom. The highest BCUT2D eigenvalue weighted by molar-refractivity contribution is 6.33. The van der Waals surface area contributed by atoms with Crippen molar-refractivity contribution in [3.8, 4) is 11.4 Å². The molecule has 2 aromatic carbocycles. The number of halogens is 5. The summed E-state index contributed by atoms with van der Waals surface area (Å²) >= 11 is 6.06. The lowest BCUT2D eigenvalue weighted by Crippen LogP contribution is -2.31. The zero-order valence-electron chi connectivity index (χ0n) is 18.3. The fourth-order valence-corrected chi connectivity index (χ4v) is 3.65. The van der Waals surface area contributed by atoms with Crippen LogP contribution in [-0.4, -0.2) is 41.9 Å². The van der Waals surface area contributed by atoms with Gasteiger partial charge >= 0.3 is 11.9 Å². The summed E-state index contributed by atoms with van der Waals surface area (Å²) in [4.78, 5) is 12.8. The lowest BCUT2D eigenvalue weighted by atomic mass is 10.2. The Kier molecular flexibility index (Phi) is 6.47. The molecule has 4 rings (SSSR count). The first-order valence-corrected chi connectivity index (χ1v) is 10.7. The van der Waals surface area contributed by atoms with Crippen molar-refractivity contribution in [1.29, 1.82) is 0 Å². The summed E-state index contributed by atoms with van der Waals surface area (Å²) in [5.74, 6) is -0.977. The van der Waals surface area contributed by atoms with Crippen LogP contribution >= 0.6 is 11.6 Å². The van der Waals surface area contributed by atoms with Gasteiger partial charge in [-0.15, -0.1) is 5.10 Å². The van der Waals surface area contributed by atoms with Crippen molar-refractivity contribution in [2.75, 3.05) is 5.32 Å². The molecule has 2 aromatic heterocycles. The van der Waals surface area contributed by atoms with Crippen molar-refractivity contribution < 1.29 is 27.4 Å². The molecule has 186 valence electrons. The topological polar surface area (TPSA) is 110 Å². The van der Waals surface area contributed by atoms with E-state index >= 15 is 0 Å². The monoisotopic (exact) mass is 514 g/mol. The lowest BCUT2D eigenvalue weighted by Gasteiger charge is -2.19. The molecular weight excluding hydrogens is 496 g/mol. The van der Waals surface area contributed by atoms with Crippen LogP contribution in [0.3, 0.4) is 0 Å². The maximum atomic E-state index is 14.3. The second-order valence-corrected chi connectivity index (χ2v) is 7.88. The lowest BCUT2D eigenvalue weighted by molar-refractivity contribution is -0.188. The Balaban J connectivity index is 1.90. The molecule has 0 aliphatic rings. The SMILES string of the molecule is CCn1c(CO)nn(-c2cc(OC(C)C(F)(F)F)c3c(Nc4c(F)cccc4Cl)n[nH]c3c2)c1=O. The minimum atomic E-state index is -4.70. The van der Waals surface area contributed by atoms with E-state index in [2.05, 4.69) is 20.6 Å². The van der Waals surface area contributed by atoms with Crippen molar-refractivity contribution in [2.45, 2.75) is 39.3 Å². The third kappa shape index (κ3) is 4.56. The Bertz CT molecular complexity index is 1430. The number of para-hydroxylation sites is 1. The van der Waals surface area contributed by atoms with Gasteiger partial charge in [-0.2, -0.15) is 23.0 Å². The second-order valence-electron chi connectivity index (χ2n) is 7.48. The quantitative estimate of drug-likeness (QED) is 0.317. The Morgan fingerprint density at radius 1 is 1.31 bits per heavy atom. The van der Waals surface area contributed by atoms with Gasteiger partial charge in [0.1, 0.15) is 18.2 Å². The summed E-state index contributed by atoms with van der Waals surface area (Å²) in [7, 11) is 0. The number of rotatable bonds is 7. The molecule has 2 heterocycles. The van der Waals surface area contributed by atoms with Crippen molar-refractivity contribution in [1.82, 2.24) is 24.5 Å². The second kappa shape index (κ2) is 9.23. The smallest absolute Gasteiger partial charge is 0.425 e. The molecular formula is C21H19ClF4N6O3. The number of fused-ring (bicyclic) bond motifs is 1. The average Bonchev–Trinajstić information content (AvgIpc) is 3.35. The average molecular weight is 515 g/mol. The van der Waals surface area contributed by atoms with Gasteiger partial charge in [-0.1, -0.05) is 17.7 Å². The number of hydrogen-bond donors (Lipinski definition) is 3. The summed E-state index contributed by atoms with van der Waals surface area (Å²) in [6.45, 7) is 2.19. The van der Waals surface area contributed by atoms with Crippen molar-refractivity contribution >= 4 is 34.0 Å². The van der Waals surface area contributed by atoms with E-state index in [4.69, 9.17) is 16.3 Å². The number of benzene rings is 2. The summed E-state index contributed by atoms with van der Waals surface area (Å²) < 4.78 is 61.6. The molecule has 0 radical (unpaired) electrons. The maximum Gasteiger partial charge on any atom is 0.425 e. The van der Waals surface area contributed by atoms with Crippen LogP contribution in [0.4, 0.5) is 29.1 Å². The molecule has 1 unspecified atom stereocenters. The highest BCUT2D eigenvalue weighted by Crippen LogP contribution is 2.38. The molecule has 35 heavy (non-hydrogen) atoms. The first-order chi connectivity index (χ1) is 16.5. The van der Waals surface area contributed by atoms with Gasteiger partial charge < -0.3 is 15.2 Å². The van der Waals surface area contributed by atoms with Gasteiger partial charge in [0, 0.05) is 12.6 Å².